The van der Waals surface area contributed by atoms with Gasteiger partial charge < -0.3 is 21.1 Å². The number of ether oxygens (including phenoxy) is 1. The third kappa shape index (κ3) is 4.77. The van der Waals surface area contributed by atoms with Crippen LogP contribution in [0.5, 0.6) is 0 Å². The minimum Gasteiger partial charge on any atom is -0.465 e. The molecule has 0 saturated carbocycles. The number of carbonyl (C=O) groups excluding carboxylic acids is 3. The van der Waals surface area contributed by atoms with Crippen LogP contribution < -0.4 is 16.4 Å². The number of anilines is 2. The molecule has 1 heterocycles. The first-order chi connectivity index (χ1) is 16.0. The number of hydrogen-bond acceptors (Lipinski definition) is 5. The molecule has 4 rings (SSSR count). The summed E-state index contributed by atoms with van der Waals surface area (Å²) in [5.41, 5.74) is 10.6. The standard InChI is InChI=1S/C26H23N3O4/c1-33-26(32)18-10-13-20-21(15-18)29-25(31)23(20)24(17-5-3-2-4-6-17)28-19-11-7-16(8-12-19)9-14-22(27)30/h2-8,10-13,15,28H,9,14H2,1H3,(H2,27,30)(H,29,31). The van der Waals surface area contributed by atoms with Gasteiger partial charge in [-0.3, -0.25) is 9.59 Å². The van der Waals surface area contributed by atoms with Gasteiger partial charge in [-0.2, -0.15) is 0 Å². The summed E-state index contributed by atoms with van der Waals surface area (Å²) in [5, 5.41) is 6.24. The van der Waals surface area contributed by atoms with E-state index in [9.17, 15) is 14.4 Å². The first-order valence-corrected chi connectivity index (χ1v) is 10.4. The summed E-state index contributed by atoms with van der Waals surface area (Å²) in [5.74, 6) is -1.08. The van der Waals surface area contributed by atoms with E-state index < -0.39 is 5.97 Å². The number of carbonyl (C=O) groups is 3. The zero-order valence-corrected chi connectivity index (χ0v) is 18.1. The zero-order valence-electron chi connectivity index (χ0n) is 18.1. The quantitative estimate of drug-likeness (QED) is 0.381. The first kappa shape index (κ1) is 21.8. The molecule has 166 valence electrons. The summed E-state index contributed by atoms with van der Waals surface area (Å²) < 4.78 is 4.78. The summed E-state index contributed by atoms with van der Waals surface area (Å²) in [6.45, 7) is 0. The van der Waals surface area contributed by atoms with E-state index >= 15 is 0 Å². The van der Waals surface area contributed by atoms with E-state index in [0.717, 1.165) is 16.8 Å². The van der Waals surface area contributed by atoms with Crippen LogP contribution in [0.15, 0.2) is 72.8 Å². The third-order valence-corrected chi connectivity index (χ3v) is 5.38. The maximum atomic E-state index is 13.0. The van der Waals surface area contributed by atoms with Crippen LogP contribution >= 0.6 is 0 Å². The number of esters is 1. The largest absolute Gasteiger partial charge is 0.465 e. The number of amides is 2. The molecule has 0 aromatic heterocycles. The van der Waals surface area contributed by atoms with Gasteiger partial charge in [0.05, 0.1) is 29.6 Å². The van der Waals surface area contributed by atoms with Crippen molar-refractivity contribution in [1.29, 1.82) is 0 Å². The fraction of sp³-hybridized carbons (Fsp3) is 0.115. The molecule has 0 aliphatic carbocycles. The van der Waals surface area contributed by atoms with Crippen molar-refractivity contribution in [2.75, 3.05) is 17.7 Å². The number of aryl methyl sites for hydroxylation is 1. The second-order valence-corrected chi connectivity index (χ2v) is 7.61. The van der Waals surface area contributed by atoms with Gasteiger partial charge in [-0.05, 0) is 41.8 Å². The lowest BCUT2D eigenvalue weighted by atomic mass is 9.99. The van der Waals surface area contributed by atoms with Crippen LogP contribution in [0.2, 0.25) is 0 Å². The van der Waals surface area contributed by atoms with Crippen LogP contribution in [0, 0.1) is 0 Å². The van der Waals surface area contributed by atoms with E-state index in [1.165, 1.54) is 7.11 Å². The lowest BCUT2D eigenvalue weighted by Crippen LogP contribution is -2.11. The van der Waals surface area contributed by atoms with Crippen LogP contribution in [-0.2, 0) is 20.7 Å². The molecule has 0 saturated heterocycles. The number of nitrogens with one attached hydrogen (secondary N) is 2. The lowest BCUT2D eigenvalue weighted by Gasteiger charge is -2.15. The summed E-state index contributed by atoms with van der Waals surface area (Å²) in [7, 11) is 1.32. The van der Waals surface area contributed by atoms with E-state index in [2.05, 4.69) is 10.6 Å². The first-order valence-electron chi connectivity index (χ1n) is 10.4. The van der Waals surface area contributed by atoms with Crippen molar-refractivity contribution in [3.8, 4) is 0 Å². The van der Waals surface area contributed by atoms with Crippen molar-refractivity contribution in [2.24, 2.45) is 5.73 Å². The second-order valence-electron chi connectivity index (χ2n) is 7.61. The SMILES string of the molecule is COC(=O)c1ccc2c(c1)NC(=O)C2=C(Nc1ccc(CCC(N)=O)cc1)c1ccccc1. The summed E-state index contributed by atoms with van der Waals surface area (Å²) in [6, 6.07) is 22.2. The average molecular weight is 441 g/mol. The van der Waals surface area contributed by atoms with Crippen molar-refractivity contribution >= 4 is 40.4 Å². The average Bonchev–Trinajstić information content (AvgIpc) is 3.16. The van der Waals surface area contributed by atoms with Crippen LogP contribution in [0.25, 0.3) is 11.3 Å². The Balaban J connectivity index is 1.74. The topological polar surface area (TPSA) is 111 Å². The molecule has 0 radical (unpaired) electrons. The van der Waals surface area contributed by atoms with Crippen molar-refractivity contribution in [3.63, 3.8) is 0 Å². The number of benzene rings is 3. The van der Waals surface area contributed by atoms with Crippen LogP contribution in [0.4, 0.5) is 11.4 Å². The third-order valence-electron chi connectivity index (χ3n) is 5.38. The van der Waals surface area contributed by atoms with Gasteiger partial charge in [0, 0.05) is 17.7 Å². The number of methoxy groups -OCH3 is 1. The minimum absolute atomic E-state index is 0.267. The van der Waals surface area contributed by atoms with E-state index in [4.69, 9.17) is 10.5 Å². The number of nitrogens with two attached hydrogens (primary N) is 1. The molecule has 3 aromatic rings. The van der Waals surface area contributed by atoms with Gasteiger partial charge in [-0.1, -0.05) is 48.5 Å². The molecule has 7 heteroatoms. The Hall–Kier alpha value is -4.39. The number of primary amides is 1. The molecule has 4 N–H and O–H groups in total. The molecule has 2 amide bonds. The maximum Gasteiger partial charge on any atom is 0.337 e. The van der Waals surface area contributed by atoms with Gasteiger partial charge in [-0.25, -0.2) is 4.79 Å². The monoisotopic (exact) mass is 441 g/mol. The fourth-order valence-corrected chi connectivity index (χ4v) is 3.72. The van der Waals surface area contributed by atoms with Crippen LogP contribution in [0.1, 0.15) is 33.5 Å². The predicted molar refractivity (Wildman–Crippen MR) is 127 cm³/mol. The molecule has 1 aliphatic rings. The molecule has 1 aliphatic heterocycles. The smallest absolute Gasteiger partial charge is 0.337 e. The van der Waals surface area contributed by atoms with Crippen LogP contribution in [-0.4, -0.2) is 24.9 Å². The minimum atomic E-state index is -0.470. The Morgan fingerprint density at radius 3 is 2.36 bits per heavy atom. The Kier molecular flexibility index (Phi) is 6.22. The molecule has 0 fully saturated rings. The van der Waals surface area contributed by atoms with Crippen molar-refractivity contribution < 1.29 is 19.1 Å². The molecule has 0 atom stereocenters. The molecule has 33 heavy (non-hydrogen) atoms. The van der Waals surface area contributed by atoms with E-state index in [0.29, 0.717) is 34.5 Å². The molecular weight excluding hydrogens is 418 g/mol. The highest BCUT2D eigenvalue weighted by Crippen LogP contribution is 2.38. The van der Waals surface area contributed by atoms with Crippen LogP contribution in [0.3, 0.4) is 0 Å². The Bertz CT molecular complexity index is 1250. The highest BCUT2D eigenvalue weighted by molar-refractivity contribution is 6.37. The molecule has 0 bridgehead atoms. The summed E-state index contributed by atoms with van der Waals surface area (Å²) in [4.78, 5) is 36.0. The molecular formula is C26H23N3O4. The number of hydrogen-bond donors (Lipinski definition) is 3. The molecule has 0 unspecified atom stereocenters. The predicted octanol–water partition coefficient (Wildman–Crippen LogP) is 3.82. The fourth-order valence-electron chi connectivity index (χ4n) is 3.72. The lowest BCUT2D eigenvalue weighted by molar-refractivity contribution is -0.118. The Morgan fingerprint density at radius 1 is 0.970 bits per heavy atom. The molecule has 7 nitrogen and oxygen atoms in total. The van der Waals surface area contributed by atoms with E-state index in [-0.39, 0.29) is 18.2 Å². The summed E-state index contributed by atoms with van der Waals surface area (Å²) in [6.07, 6.45) is 0.858. The molecule has 0 spiro atoms. The van der Waals surface area contributed by atoms with Gasteiger partial charge >= 0.3 is 5.97 Å². The van der Waals surface area contributed by atoms with Crippen molar-refractivity contribution in [1.82, 2.24) is 0 Å². The highest BCUT2D eigenvalue weighted by Gasteiger charge is 2.29. The number of rotatable bonds is 7. The van der Waals surface area contributed by atoms with Gasteiger partial charge in [0.15, 0.2) is 0 Å². The normalized spacial score (nSPS) is 13.7. The Morgan fingerprint density at radius 2 is 1.70 bits per heavy atom. The van der Waals surface area contributed by atoms with Gasteiger partial charge in [-0.15, -0.1) is 0 Å². The van der Waals surface area contributed by atoms with Gasteiger partial charge in [0.2, 0.25) is 5.91 Å². The van der Waals surface area contributed by atoms with Crippen molar-refractivity contribution in [3.05, 3.63) is 95.1 Å². The molecule has 3 aromatic carbocycles. The van der Waals surface area contributed by atoms with Crippen molar-refractivity contribution in [2.45, 2.75) is 12.8 Å². The maximum absolute atomic E-state index is 13.0. The van der Waals surface area contributed by atoms with Gasteiger partial charge in [0.25, 0.3) is 5.91 Å². The summed E-state index contributed by atoms with van der Waals surface area (Å²) >= 11 is 0. The second kappa shape index (κ2) is 9.40. The van der Waals surface area contributed by atoms with E-state index in [1.807, 2.05) is 54.6 Å². The number of fused-ring (bicyclic) bond motifs is 1. The van der Waals surface area contributed by atoms with E-state index in [1.54, 1.807) is 18.2 Å². The highest BCUT2D eigenvalue weighted by atomic mass is 16.5. The van der Waals surface area contributed by atoms with Gasteiger partial charge in [0.1, 0.15) is 0 Å². The Labute approximate surface area is 191 Å². The zero-order chi connectivity index (χ0) is 23.4.